The van der Waals surface area contributed by atoms with E-state index in [-0.39, 0.29) is 24.1 Å². The van der Waals surface area contributed by atoms with Crippen LogP contribution < -0.4 is 0 Å². The molecule has 0 N–H and O–H groups in total. The first kappa shape index (κ1) is 21.6. The van der Waals surface area contributed by atoms with Crippen LogP contribution >= 0.6 is 0 Å². The quantitative estimate of drug-likeness (QED) is 0.510. The van der Waals surface area contributed by atoms with Gasteiger partial charge >= 0.3 is 11.9 Å². The van der Waals surface area contributed by atoms with E-state index in [2.05, 4.69) is 20.8 Å². The van der Waals surface area contributed by atoms with Crippen LogP contribution in [-0.2, 0) is 19.1 Å². The van der Waals surface area contributed by atoms with Crippen LogP contribution in [0.4, 0.5) is 0 Å². The second kappa shape index (κ2) is 7.65. The van der Waals surface area contributed by atoms with Crippen molar-refractivity contribution >= 4 is 11.9 Å². The third-order valence-electron chi connectivity index (χ3n) is 8.05. The van der Waals surface area contributed by atoms with Gasteiger partial charge in [-0.2, -0.15) is 0 Å². The highest BCUT2D eigenvalue weighted by atomic mass is 16.6. The van der Waals surface area contributed by atoms with Gasteiger partial charge in [0.05, 0.1) is 5.41 Å². The van der Waals surface area contributed by atoms with Crippen LogP contribution in [0.1, 0.15) is 92.9 Å². The van der Waals surface area contributed by atoms with Gasteiger partial charge in [-0.1, -0.05) is 27.7 Å². The summed E-state index contributed by atoms with van der Waals surface area (Å²) in [6, 6.07) is 0. The number of ether oxygens (including phenoxy) is 2. The van der Waals surface area contributed by atoms with E-state index in [1.54, 1.807) is 0 Å². The molecule has 4 nitrogen and oxygen atoms in total. The molecule has 4 rings (SSSR count). The summed E-state index contributed by atoms with van der Waals surface area (Å²) < 4.78 is 11.6. The van der Waals surface area contributed by atoms with E-state index in [4.69, 9.17) is 9.47 Å². The topological polar surface area (TPSA) is 52.6 Å². The predicted octanol–water partition coefficient (Wildman–Crippen LogP) is 5.53. The number of carbonyl (C=O) groups is 2. The molecule has 0 radical (unpaired) electrons. The molecule has 28 heavy (non-hydrogen) atoms. The minimum Gasteiger partial charge on any atom is -0.456 e. The summed E-state index contributed by atoms with van der Waals surface area (Å²) in [6.07, 6.45) is 8.79. The third-order valence-corrected chi connectivity index (χ3v) is 8.05. The van der Waals surface area contributed by atoms with Crippen LogP contribution in [0.2, 0.25) is 0 Å². The number of carbonyl (C=O) groups excluding carboxylic acids is 2. The number of esters is 2. The standard InChI is InChI=1S/C24H40O4/c1-7-22(4,5)21(26)27-15-20(25)28-24(9-8-16(2)3)18-10-17-11-19(24)14-23(6,12-17)13-18/h16-19H,7-15H2,1-6H3. The lowest BCUT2D eigenvalue weighted by molar-refractivity contribution is -0.229. The maximum absolute atomic E-state index is 12.8. The Morgan fingerprint density at radius 2 is 1.71 bits per heavy atom. The van der Waals surface area contributed by atoms with Crippen molar-refractivity contribution in [2.75, 3.05) is 6.61 Å². The zero-order chi connectivity index (χ0) is 20.7. The van der Waals surface area contributed by atoms with E-state index in [0.29, 0.717) is 29.6 Å². The predicted molar refractivity (Wildman–Crippen MR) is 110 cm³/mol. The van der Waals surface area contributed by atoms with Gasteiger partial charge in [0.2, 0.25) is 0 Å². The van der Waals surface area contributed by atoms with E-state index < -0.39 is 5.41 Å². The Kier molecular flexibility index (Phi) is 5.91. The van der Waals surface area contributed by atoms with Gasteiger partial charge in [-0.25, -0.2) is 4.79 Å². The molecule has 0 heterocycles. The first-order valence-electron chi connectivity index (χ1n) is 11.4. The van der Waals surface area contributed by atoms with E-state index in [0.717, 1.165) is 18.8 Å². The molecule has 0 aromatic rings. The van der Waals surface area contributed by atoms with E-state index >= 15 is 0 Å². The van der Waals surface area contributed by atoms with Crippen molar-refractivity contribution in [3.8, 4) is 0 Å². The number of rotatable bonds is 8. The first-order valence-corrected chi connectivity index (χ1v) is 11.4. The van der Waals surface area contributed by atoms with Crippen molar-refractivity contribution in [3.05, 3.63) is 0 Å². The lowest BCUT2D eigenvalue weighted by Gasteiger charge is -2.64. The molecule has 0 aliphatic heterocycles. The second-order valence-corrected chi connectivity index (χ2v) is 11.3. The number of hydrogen-bond donors (Lipinski definition) is 0. The molecule has 4 aliphatic carbocycles. The maximum Gasteiger partial charge on any atom is 0.344 e. The smallest absolute Gasteiger partial charge is 0.344 e. The molecule has 2 atom stereocenters. The summed E-state index contributed by atoms with van der Waals surface area (Å²) in [5, 5.41) is 0. The van der Waals surface area contributed by atoms with Gasteiger partial charge in [0.1, 0.15) is 5.60 Å². The monoisotopic (exact) mass is 392 g/mol. The van der Waals surface area contributed by atoms with Crippen LogP contribution in [-0.4, -0.2) is 24.1 Å². The Bertz CT molecular complexity index is 590. The van der Waals surface area contributed by atoms with Gasteiger partial charge < -0.3 is 9.47 Å². The average molecular weight is 393 g/mol. The summed E-state index contributed by atoms with van der Waals surface area (Å²) in [6.45, 7) is 12.3. The van der Waals surface area contributed by atoms with E-state index in [1.807, 2.05) is 20.8 Å². The molecule has 0 aromatic carbocycles. The molecule has 0 spiro atoms. The molecule has 160 valence electrons. The van der Waals surface area contributed by atoms with E-state index in [9.17, 15) is 9.59 Å². The minimum absolute atomic E-state index is 0.258. The summed E-state index contributed by atoms with van der Waals surface area (Å²) in [7, 11) is 0. The first-order chi connectivity index (χ1) is 13.0. The lowest BCUT2D eigenvalue weighted by atomic mass is 9.44. The van der Waals surface area contributed by atoms with Gasteiger partial charge in [0, 0.05) is 0 Å². The highest BCUT2D eigenvalue weighted by Gasteiger charge is 2.62. The molecular formula is C24H40O4. The zero-order valence-corrected chi connectivity index (χ0v) is 18.8. The molecule has 4 fully saturated rings. The van der Waals surface area contributed by atoms with Gasteiger partial charge in [-0.05, 0) is 94.3 Å². The lowest BCUT2D eigenvalue weighted by Crippen LogP contribution is -2.62. The Labute approximate surface area is 171 Å². The van der Waals surface area contributed by atoms with E-state index in [1.165, 1.54) is 32.1 Å². The molecule has 4 heteroatoms. The third kappa shape index (κ3) is 4.11. The van der Waals surface area contributed by atoms with Crippen molar-refractivity contribution < 1.29 is 19.1 Å². The highest BCUT2D eigenvalue weighted by molar-refractivity contribution is 5.80. The van der Waals surface area contributed by atoms with Gasteiger partial charge in [0.15, 0.2) is 6.61 Å². The second-order valence-electron chi connectivity index (χ2n) is 11.3. The minimum atomic E-state index is -0.563. The van der Waals surface area contributed by atoms with Crippen molar-refractivity contribution in [1.29, 1.82) is 0 Å². The van der Waals surface area contributed by atoms with Gasteiger partial charge in [-0.15, -0.1) is 0 Å². The largest absolute Gasteiger partial charge is 0.456 e. The fourth-order valence-corrected chi connectivity index (χ4v) is 6.29. The zero-order valence-electron chi connectivity index (χ0n) is 18.8. The fraction of sp³-hybridized carbons (Fsp3) is 0.917. The molecule has 0 amide bonds. The summed E-state index contributed by atoms with van der Waals surface area (Å²) in [5.74, 6) is 1.65. The summed E-state index contributed by atoms with van der Waals surface area (Å²) in [4.78, 5) is 25.0. The Morgan fingerprint density at radius 3 is 2.21 bits per heavy atom. The molecule has 2 unspecified atom stereocenters. The Morgan fingerprint density at radius 1 is 1.11 bits per heavy atom. The van der Waals surface area contributed by atoms with Crippen LogP contribution in [0.15, 0.2) is 0 Å². The molecule has 4 saturated carbocycles. The van der Waals surface area contributed by atoms with Crippen LogP contribution in [0.3, 0.4) is 0 Å². The molecule has 4 bridgehead atoms. The molecule has 0 saturated heterocycles. The fourth-order valence-electron chi connectivity index (χ4n) is 6.29. The Balaban J connectivity index is 1.71. The van der Waals surface area contributed by atoms with Crippen molar-refractivity contribution in [2.45, 2.75) is 98.5 Å². The SMILES string of the molecule is CCC(C)(C)C(=O)OCC(=O)OC1(CCC(C)C)C2CC3CC1CC(C)(C3)C2. The molecule has 4 aliphatic rings. The molecule has 0 aromatic heterocycles. The van der Waals surface area contributed by atoms with Gasteiger partial charge in [0.25, 0.3) is 0 Å². The van der Waals surface area contributed by atoms with Crippen molar-refractivity contribution in [3.63, 3.8) is 0 Å². The van der Waals surface area contributed by atoms with Crippen LogP contribution in [0.5, 0.6) is 0 Å². The van der Waals surface area contributed by atoms with Crippen LogP contribution in [0.25, 0.3) is 0 Å². The maximum atomic E-state index is 12.8. The summed E-state index contributed by atoms with van der Waals surface area (Å²) >= 11 is 0. The average Bonchev–Trinajstić information content (AvgIpc) is 2.60. The summed E-state index contributed by atoms with van der Waals surface area (Å²) in [5.41, 5.74) is -0.473. The number of hydrogen-bond acceptors (Lipinski definition) is 4. The highest BCUT2D eigenvalue weighted by Crippen LogP contribution is 2.65. The Hall–Kier alpha value is -1.06. The van der Waals surface area contributed by atoms with Crippen LogP contribution in [0, 0.1) is 34.5 Å². The normalized spacial score (nSPS) is 36.6. The van der Waals surface area contributed by atoms with Crippen molar-refractivity contribution in [2.24, 2.45) is 34.5 Å². The molecular weight excluding hydrogens is 352 g/mol. The van der Waals surface area contributed by atoms with Crippen molar-refractivity contribution in [1.82, 2.24) is 0 Å². The van der Waals surface area contributed by atoms with Gasteiger partial charge in [-0.3, -0.25) is 4.79 Å².